The lowest BCUT2D eigenvalue weighted by Crippen LogP contribution is -2.37. The van der Waals surface area contributed by atoms with Crippen LogP contribution in [-0.2, 0) is 32.7 Å². The van der Waals surface area contributed by atoms with E-state index in [2.05, 4.69) is 74.6 Å². The van der Waals surface area contributed by atoms with Gasteiger partial charge in [0.05, 0.1) is 27.7 Å². The van der Waals surface area contributed by atoms with E-state index in [0.29, 0.717) is 23.9 Å². The molecule has 0 bridgehead atoms. The van der Waals surface area contributed by atoms with Crippen molar-refractivity contribution < 1.29 is 42.1 Å². The number of ether oxygens (including phenoxy) is 2. The van der Waals surface area contributed by atoms with E-state index in [1.54, 1.807) is 0 Å². The molecule has 0 aromatic rings. The van der Waals surface area contributed by atoms with Crippen molar-refractivity contribution in [3.05, 3.63) is 60.8 Å². The molecule has 2 unspecified atom stereocenters. The molecule has 0 saturated heterocycles. The van der Waals surface area contributed by atoms with Gasteiger partial charge in [-0.1, -0.05) is 408 Å². The molecule has 0 aromatic heterocycles. The second-order valence-electron chi connectivity index (χ2n) is 30.5. The van der Waals surface area contributed by atoms with Crippen molar-refractivity contribution in [1.82, 2.24) is 0 Å². The number of quaternary nitrogens is 1. The summed E-state index contributed by atoms with van der Waals surface area (Å²) >= 11 is 0. The monoisotopic (exact) mass is 1400 g/mol. The molecule has 0 radical (unpaired) electrons. The maximum absolute atomic E-state index is 12.9. The highest BCUT2D eigenvalue weighted by molar-refractivity contribution is 7.47. The van der Waals surface area contributed by atoms with Crippen LogP contribution in [0.3, 0.4) is 0 Å². The number of carbonyl (C=O) groups is 2. The van der Waals surface area contributed by atoms with E-state index in [9.17, 15) is 19.0 Å². The van der Waals surface area contributed by atoms with Crippen molar-refractivity contribution in [2.75, 3.05) is 47.5 Å². The van der Waals surface area contributed by atoms with Gasteiger partial charge in [-0.3, -0.25) is 18.6 Å². The molecule has 0 aliphatic carbocycles. The Morgan fingerprint density at radius 1 is 0.327 bits per heavy atom. The number of rotatable bonds is 81. The van der Waals surface area contributed by atoms with Gasteiger partial charge in [-0.25, -0.2) is 4.57 Å². The predicted octanol–water partition coefficient (Wildman–Crippen LogP) is 28.8. The van der Waals surface area contributed by atoms with Gasteiger partial charge in [-0.15, -0.1) is 0 Å². The molecular formula is C88H167NO8P+. The Labute approximate surface area is 610 Å². The highest BCUT2D eigenvalue weighted by atomic mass is 31.2. The first-order valence-corrected chi connectivity index (χ1v) is 44.5. The van der Waals surface area contributed by atoms with Crippen LogP contribution in [0.25, 0.3) is 0 Å². The van der Waals surface area contributed by atoms with Crippen molar-refractivity contribution in [1.29, 1.82) is 0 Å². The summed E-state index contributed by atoms with van der Waals surface area (Å²) in [5.74, 6) is -0.770. The van der Waals surface area contributed by atoms with Crippen LogP contribution in [0.1, 0.15) is 438 Å². The normalized spacial score (nSPS) is 13.2. The largest absolute Gasteiger partial charge is 0.472 e. The molecule has 0 spiro atoms. The molecule has 0 fully saturated rings. The lowest BCUT2D eigenvalue weighted by molar-refractivity contribution is -0.870. The summed E-state index contributed by atoms with van der Waals surface area (Å²) in [5, 5.41) is 0. The molecule has 0 rings (SSSR count). The topological polar surface area (TPSA) is 108 Å². The Morgan fingerprint density at radius 2 is 0.582 bits per heavy atom. The third-order valence-corrected chi connectivity index (χ3v) is 20.5. The zero-order valence-corrected chi connectivity index (χ0v) is 66.9. The number of hydrogen-bond acceptors (Lipinski definition) is 7. The quantitative estimate of drug-likeness (QED) is 0.0211. The molecule has 576 valence electrons. The summed E-state index contributed by atoms with van der Waals surface area (Å²) < 4.78 is 34.9. The zero-order valence-electron chi connectivity index (χ0n) is 66.0. The lowest BCUT2D eigenvalue weighted by atomic mass is 10.0. The van der Waals surface area contributed by atoms with Crippen LogP contribution < -0.4 is 0 Å². The van der Waals surface area contributed by atoms with Gasteiger partial charge in [-0.05, 0) is 77.0 Å². The molecule has 0 aliphatic rings. The molecule has 10 heteroatoms. The summed E-state index contributed by atoms with van der Waals surface area (Å²) in [5.41, 5.74) is 0. The number of carbonyl (C=O) groups excluding carboxylic acids is 2. The van der Waals surface area contributed by atoms with Gasteiger partial charge in [0.25, 0.3) is 0 Å². The van der Waals surface area contributed by atoms with Gasteiger partial charge >= 0.3 is 19.8 Å². The summed E-state index contributed by atoms with van der Waals surface area (Å²) in [6.07, 6.45) is 107. The van der Waals surface area contributed by atoms with Gasteiger partial charge in [0, 0.05) is 12.8 Å². The van der Waals surface area contributed by atoms with Gasteiger partial charge in [0.2, 0.25) is 0 Å². The van der Waals surface area contributed by atoms with Crippen molar-refractivity contribution in [2.24, 2.45) is 0 Å². The fourth-order valence-electron chi connectivity index (χ4n) is 13.0. The van der Waals surface area contributed by atoms with Gasteiger partial charge in [-0.2, -0.15) is 0 Å². The molecule has 98 heavy (non-hydrogen) atoms. The van der Waals surface area contributed by atoms with E-state index >= 15 is 0 Å². The Hall–Kier alpha value is -2.29. The highest BCUT2D eigenvalue weighted by Gasteiger charge is 2.27. The number of likely N-dealkylation sites (N-methyl/N-ethyl adjacent to an activating group) is 1. The SMILES string of the molecule is CC/C=C\C/C=C\C/C=C\C/C=C\CCCCCCCCCCCCCCCCCCCCCCCCCCCCC(=O)OC(COC(=O)CCCCCCCCCCCCCCCCCCCCCCCCC/C=C\CCCCCCCCCC)COP(=O)(O)OCC[N+](C)(C)C. The van der Waals surface area contributed by atoms with Gasteiger partial charge in [0.15, 0.2) is 6.10 Å². The van der Waals surface area contributed by atoms with Crippen LogP contribution >= 0.6 is 7.82 Å². The molecular weight excluding hydrogens is 1230 g/mol. The van der Waals surface area contributed by atoms with Crippen LogP contribution in [0.5, 0.6) is 0 Å². The Morgan fingerprint density at radius 3 is 0.878 bits per heavy atom. The number of hydrogen-bond donors (Lipinski definition) is 1. The molecule has 0 heterocycles. The van der Waals surface area contributed by atoms with E-state index in [-0.39, 0.29) is 25.6 Å². The smallest absolute Gasteiger partial charge is 0.462 e. The molecule has 0 amide bonds. The minimum absolute atomic E-state index is 0.0349. The zero-order chi connectivity index (χ0) is 71.1. The summed E-state index contributed by atoms with van der Waals surface area (Å²) in [7, 11) is 1.50. The molecule has 9 nitrogen and oxygen atoms in total. The van der Waals surface area contributed by atoms with E-state index in [1.165, 1.54) is 347 Å². The number of phosphoric ester groups is 1. The van der Waals surface area contributed by atoms with Crippen molar-refractivity contribution in [3.8, 4) is 0 Å². The standard InChI is InChI=1S/C88H166NO8P/c1-6-8-10-12-14-16-18-20-22-24-26-28-30-32-34-36-38-40-42-43-44-45-47-49-51-53-55-57-59-61-63-65-67-69-71-73-75-77-79-81-88(91)97-86(85-96-98(92,93)95-83-82-89(3,4)5)84-94-87(90)80-78-76-74-72-70-68-66-64-62-60-58-56-54-52-50-48-46-41-39-37-35-33-31-29-27-25-23-21-19-17-15-13-11-9-7-2/h8,10,14,16,20,22,25-28,86H,6-7,9,11-13,15,17-19,21,23-24,29-85H2,1-5H3/p+1/b10-8-,16-14-,22-20-,27-25-,28-26-. The second kappa shape index (κ2) is 78.8. The first-order valence-electron chi connectivity index (χ1n) is 43.0. The van der Waals surface area contributed by atoms with E-state index in [4.69, 9.17) is 18.5 Å². The molecule has 0 aliphatic heterocycles. The Kier molecular flexibility index (Phi) is 77.0. The van der Waals surface area contributed by atoms with E-state index in [1.807, 2.05) is 21.1 Å². The highest BCUT2D eigenvalue weighted by Crippen LogP contribution is 2.43. The Bertz CT molecular complexity index is 1840. The van der Waals surface area contributed by atoms with E-state index in [0.717, 1.165) is 57.8 Å². The summed E-state index contributed by atoms with van der Waals surface area (Å²) in [4.78, 5) is 36.0. The third kappa shape index (κ3) is 82.7. The van der Waals surface area contributed by atoms with Crippen LogP contribution in [-0.4, -0.2) is 74.9 Å². The molecule has 0 aromatic carbocycles. The fraction of sp³-hybridized carbons (Fsp3) is 0.864. The number of esters is 2. The average Bonchev–Trinajstić information content (AvgIpc) is 1.23. The third-order valence-electron chi connectivity index (χ3n) is 19.5. The van der Waals surface area contributed by atoms with Crippen LogP contribution in [0.4, 0.5) is 0 Å². The lowest BCUT2D eigenvalue weighted by Gasteiger charge is -2.24. The maximum atomic E-state index is 12.9. The fourth-order valence-corrected chi connectivity index (χ4v) is 13.8. The number of allylic oxidation sites excluding steroid dienone is 10. The molecule has 1 N–H and O–H groups in total. The molecule has 0 saturated carbocycles. The average molecular weight is 1400 g/mol. The minimum atomic E-state index is -4.39. The van der Waals surface area contributed by atoms with Crippen LogP contribution in [0.15, 0.2) is 60.8 Å². The van der Waals surface area contributed by atoms with Crippen molar-refractivity contribution in [2.45, 2.75) is 444 Å². The van der Waals surface area contributed by atoms with Crippen molar-refractivity contribution >= 4 is 19.8 Å². The number of nitrogens with zero attached hydrogens (tertiary/aromatic N) is 1. The van der Waals surface area contributed by atoms with E-state index < -0.39 is 26.5 Å². The second-order valence-corrected chi connectivity index (χ2v) is 32.0. The minimum Gasteiger partial charge on any atom is -0.462 e. The first kappa shape index (κ1) is 95.7. The number of phosphoric acid groups is 1. The Balaban J connectivity index is 3.86. The van der Waals surface area contributed by atoms with Crippen LogP contribution in [0.2, 0.25) is 0 Å². The first-order chi connectivity index (χ1) is 48.0. The maximum Gasteiger partial charge on any atom is 0.472 e. The molecule has 2 atom stereocenters. The summed E-state index contributed by atoms with van der Waals surface area (Å²) in [6, 6.07) is 0. The number of unbranched alkanes of at least 4 members (excludes halogenated alkanes) is 57. The van der Waals surface area contributed by atoms with Gasteiger partial charge in [0.1, 0.15) is 19.8 Å². The van der Waals surface area contributed by atoms with Gasteiger partial charge < -0.3 is 18.9 Å². The predicted molar refractivity (Wildman–Crippen MR) is 427 cm³/mol. The van der Waals surface area contributed by atoms with Crippen LogP contribution in [0, 0.1) is 0 Å². The van der Waals surface area contributed by atoms with Crippen molar-refractivity contribution in [3.63, 3.8) is 0 Å². The summed E-state index contributed by atoms with van der Waals surface area (Å²) in [6.45, 7) is 4.40.